The van der Waals surface area contributed by atoms with Gasteiger partial charge in [-0.25, -0.2) is 4.79 Å². The summed E-state index contributed by atoms with van der Waals surface area (Å²) < 4.78 is 4.73. The molecule has 116 valence electrons. The number of ether oxygens (including phenoxy) is 1. The number of methoxy groups -OCH3 is 1. The minimum atomic E-state index is -0.602. The van der Waals surface area contributed by atoms with Gasteiger partial charge in [0.25, 0.3) is 0 Å². The van der Waals surface area contributed by atoms with Gasteiger partial charge in [0.2, 0.25) is 5.91 Å². The van der Waals surface area contributed by atoms with Gasteiger partial charge in [-0.3, -0.25) is 4.79 Å². The first-order chi connectivity index (χ1) is 9.83. The molecule has 0 saturated carbocycles. The van der Waals surface area contributed by atoms with Gasteiger partial charge in [-0.1, -0.05) is 31.5 Å². The van der Waals surface area contributed by atoms with E-state index in [0.29, 0.717) is 11.4 Å². The summed E-state index contributed by atoms with van der Waals surface area (Å²) in [5.74, 6) is -0.326. The summed E-state index contributed by atoms with van der Waals surface area (Å²) in [7, 11) is 1.32. The zero-order valence-electron chi connectivity index (χ0n) is 12.9. The van der Waals surface area contributed by atoms with Crippen LogP contribution in [-0.2, 0) is 20.7 Å². The van der Waals surface area contributed by atoms with Crippen LogP contribution in [-0.4, -0.2) is 25.0 Å². The van der Waals surface area contributed by atoms with E-state index in [2.05, 4.69) is 5.32 Å². The monoisotopic (exact) mass is 311 g/mol. The van der Waals surface area contributed by atoms with Crippen LogP contribution in [0.25, 0.3) is 0 Å². The lowest BCUT2D eigenvalue weighted by Crippen LogP contribution is -2.43. The van der Waals surface area contributed by atoms with Crippen LogP contribution >= 0.6 is 11.6 Å². The van der Waals surface area contributed by atoms with Crippen LogP contribution in [0.5, 0.6) is 0 Å². The van der Waals surface area contributed by atoms with Gasteiger partial charge in [-0.15, -0.1) is 0 Å². The predicted molar refractivity (Wildman–Crippen MR) is 83.3 cm³/mol. The van der Waals surface area contributed by atoms with Gasteiger partial charge in [0.15, 0.2) is 0 Å². The fourth-order valence-electron chi connectivity index (χ4n) is 2.10. The largest absolute Gasteiger partial charge is 0.467 e. The molecule has 0 radical (unpaired) electrons. The molecule has 0 aliphatic heterocycles. The fraction of sp³-hybridized carbons (Fsp3) is 0.500. The number of hydrogen-bond donors (Lipinski definition) is 1. The van der Waals surface area contributed by atoms with Gasteiger partial charge in [0.05, 0.1) is 13.5 Å². The number of carbonyl (C=O) groups is 2. The fourth-order valence-corrected chi connectivity index (χ4v) is 2.33. The number of aryl methyl sites for hydroxylation is 1. The van der Waals surface area contributed by atoms with Crippen molar-refractivity contribution < 1.29 is 14.3 Å². The van der Waals surface area contributed by atoms with Crippen LogP contribution < -0.4 is 5.32 Å². The van der Waals surface area contributed by atoms with E-state index in [1.165, 1.54) is 7.11 Å². The second-order valence-electron chi connectivity index (χ2n) is 5.52. The van der Waals surface area contributed by atoms with Crippen molar-refractivity contribution in [3.8, 4) is 0 Å². The van der Waals surface area contributed by atoms with Crippen LogP contribution in [0.15, 0.2) is 18.2 Å². The summed E-state index contributed by atoms with van der Waals surface area (Å²) >= 11 is 5.89. The van der Waals surface area contributed by atoms with Crippen LogP contribution in [0.4, 0.5) is 0 Å². The van der Waals surface area contributed by atoms with Crippen molar-refractivity contribution in [2.24, 2.45) is 5.92 Å². The van der Waals surface area contributed by atoms with Crippen LogP contribution in [0, 0.1) is 12.8 Å². The number of benzene rings is 1. The Hall–Kier alpha value is -1.55. The zero-order valence-corrected chi connectivity index (χ0v) is 13.7. The maximum Gasteiger partial charge on any atom is 0.328 e. The molecule has 0 aliphatic rings. The summed E-state index contributed by atoms with van der Waals surface area (Å²) in [5, 5.41) is 3.39. The molecule has 4 nitrogen and oxygen atoms in total. The van der Waals surface area contributed by atoms with E-state index in [-0.39, 0.29) is 18.2 Å². The Morgan fingerprint density at radius 3 is 2.52 bits per heavy atom. The average molecular weight is 312 g/mol. The number of carbonyl (C=O) groups excluding carboxylic acids is 2. The van der Waals surface area contributed by atoms with Gasteiger partial charge in [0.1, 0.15) is 6.04 Å². The number of rotatable bonds is 6. The number of halogens is 1. The Bertz CT molecular complexity index is 514. The van der Waals surface area contributed by atoms with E-state index >= 15 is 0 Å². The van der Waals surface area contributed by atoms with Crippen molar-refractivity contribution in [1.29, 1.82) is 0 Å². The van der Waals surface area contributed by atoms with Crippen LogP contribution in [0.3, 0.4) is 0 Å². The summed E-state index contributed by atoms with van der Waals surface area (Å²) in [5.41, 5.74) is 1.85. The first-order valence-electron chi connectivity index (χ1n) is 6.95. The zero-order chi connectivity index (χ0) is 16.0. The predicted octanol–water partition coefficient (Wildman–Crippen LogP) is 2.89. The minimum absolute atomic E-state index is 0.198. The van der Waals surface area contributed by atoms with Crippen LogP contribution in [0.2, 0.25) is 5.02 Å². The summed E-state index contributed by atoms with van der Waals surface area (Å²) in [6, 6.07) is 4.79. The second kappa shape index (κ2) is 8.03. The van der Waals surface area contributed by atoms with Gasteiger partial charge >= 0.3 is 5.97 Å². The molecule has 21 heavy (non-hydrogen) atoms. The molecular weight excluding hydrogens is 290 g/mol. The molecule has 0 bridgehead atoms. The van der Waals surface area contributed by atoms with Gasteiger partial charge < -0.3 is 10.1 Å². The van der Waals surface area contributed by atoms with Crippen molar-refractivity contribution >= 4 is 23.5 Å². The van der Waals surface area contributed by atoms with E-state index in [0.717, 1.165) is 11.1 Å². The second-order valence-corrected chi connectivity index (χ2v) is 5.96. The molecule has 1 rings (SSSR count). The molecule has 0 unspecified atom stereocenters. The molecular formula is C16H22ClNO3. The molecule has 1 aromatic carbocycles. The van der Waals surface area contributed by atoms with Crippen molar-refractivity contribution in [2.45, 2.75) is 39.7 Å². The van der Waals surface area contributed by atoms with Crippen molar-refractivity contribution in [2.75, 3.05) is 7.11 Å². The van der Waals surface area contributed by atoms with Gasteiger partial charge in [-0.05, 0) is 42.5 Å². The van der Waals surface area contributed by atoms with Gasteiger partial charge in [0, 0.05) is 5.02 Å². The normalized spacial score (nSPS) is 12.1. The number of amides is 1. The molecule has 1 amide bonds. The first kappa shape index (κ1) is 17.5. The molecule has 0 spiro atoms. The molecule has 0 saturated heterocycles. The van der Waals surface area contributed by atoms with E-state index in [1.807, 2.05) is 32.9 Å². The maximum atomic E-state index is 12.1. The molecule has 1 atom stereocenters. The quantitative estimate of drug-likeness (QED) is 0.822. The number of esters is 1. The molecule has 1 N–H and O–H groups in total. The lowest BCUT2D eigenvalue weighted by Gasteiger charge is -2.18. The Labute approximate surface area is 130 Å². The van der Waals surface area contributed by atoms with E-state index in [4.69, 9.17) is 16.3 Å². The van der Waals surface area contributed by atoms with Crippen LogP contribution in [0.1, 0.15) is 31.4 Å². The number of hydrogen-bond acceptors (Lipinski definition) is 3. The van der Waals surface area contributed by atoms with Crippen molar-refractivity contribution in [3.63, 3.8) is 0 Å². The van der Waals surface area contributed by atoms with Crippen molar-refractivity contribution in [1.82, 2.24) is 5.32 Å². The average Bonchev–Trinajstić information content (AvgIpc) is 2.39. The SMILES string of the molecule is COC(=O)[C@H](CC(C)C)NC(=O)Cc1ccc(Cl)cc1C. The molecule has 0 aromatic heterocycles. The summed E-state index contributed by atoms with van der Waals surface area (Å²) in [6.07, 6.45) is 0.770. The lowest BCUT2D eigenvalue weighted by atomic mass is 10.0. The first-order valence-corrected chi connectivity index (χ1v) is 7.33. The van der Waals surface area contributed by atoms with E-state index in [1.54, 1.807) is 6.07 Å². The molecule has 5 heteroatoms. The molecule has 1 aromatic rings. The third-order valence-corrected chi connectivity index (χ3v) is 3.42. The van der Waals surface area contributed by atoms with Gasteiger partial charge in [-0.2, -0.15) is 0 Å². The Morgan fingerprint density at radius 2 is 2.00 bits per heavy atom. The lowest BCUT2D eigenvalue weighted by molar-refractivity contribution is -0.145. The highest BCUT2D eigenvalue weighted by molar-refractivity contribution is 6.30. The molecule has 0 aliphatic carbocycles. The summed E-state index contributed by atoms with van der Waals surface area (Å²) in [4.78, 5) is 23.8. The summed E-state index contributed by atoms with van der Waals surface area (Å²) in [6.45, 7) is 5.89. The Balaban J connectivity index is 2.71. The minimum Gasteiger partial charge on any atom is -0.467 e. The Kier molecular flexibility index (Phi) is 6.69. The smallest absolute Gasteiger partial charge is 0.328 e. The maximum absolute atomic E-state index is 12.1. The molecule has 0 fully saturated rings. The van der Waals surface area contributed by atoms with E-state index < -0.39 is 12.0 Å². The highest BCUT2D eigenvalue weighted by atomic mass is 35.5. The standard InChI is InChI=1S/C16H22ClNO3/c1-10(2)7-14(16(20)21-4)18-15(19)9-12-5-6-13(17)8-11(12)3/h5-6,8,10,14H,7,9H2,1-4H3,(H,18,19)/t14-/m0/s1. The number of nitrogens with one attached hydrogen (secondary N) is 1. The highest BCUT2D eigenvalue weighted by Crippen LogP contribution is 2.16. The topological polar surface area (TPSA) is 55.4 Å². The highest BCUT2D eigenvalue weighted by Gasteiger charge is 2.22. The molecule has 0 heterocycles. The van der Waals surface area contributed by atoms with E-state index in [9.17, 15) is 9.59 Å². The van der Waals surface area contributed by atoms with Crippen molar-refractivity contribution in [3.05, 3.63) is 34.3 Å². The Morgan fingerprint density at radius 1 is 1.33 bits per heavy atom. The third kappa shape index (κ3) is 5.76. The third-order valence-electron chi connectivity index (χ3n) is 3.18.